The summed E-state index contributed by atoms with van der Waals surface area (Å²) < 4.78 is 42.9. The minimum Gasteiger partial charge on any atom is -0.497 e. The van der Waals surface area contributed by atoms with Gasteiger partial charge in [0.1, 0.15) is 17.5 Å². The molecule has 1 fully saturated rings. The van der Waals surface area contributed by atoms with Gasteiger partial charge in [0.15, 0.2) is 12.4 Å². The summed E-state index contributed by atoms with van der Waals surface area (Å²) in [4.78, 5) is 12.8. The summed E-state index contributed by atoms with van der Waals surface area (Å²) in [5.41, 5.74) is 1.41. The van der Waals surface area contributed by atoms with Crippen LogP contribution in [0.1, 0.15) is 18.6 Å². The van der Waals surface area contributed by atoms with Crippen molar-refractivity contribution in [3.8, 4) is 17.0 Å². The summed E-state index contributed by atoms with van der Waals surface area (Å²) in [6.45, 7) is 0.0992. The van der Waals surface area contributed by atoms with Crippen molar-refractivity contribution in [2.75, 3.05) is 13.7 Å². The SMILES string of the molecule is COc1ccc(-c2cc(COC(=O)[C@@H]3CCCN3S(=O)(=O)c3ccc(Cl)cc3)on2)cc1. The number of rotatable bonds is 7. The van der Waals surface area contributed by atoms with E-state index in [4.69, 9.17) is 25.6 Å². The predicted octanol–water partition coefficient (Wildman–Crippen LogP) is 3.90. The van der Waals surface area contributed by atoms with Crippen LogP contribution in [0.15, 0.2) is 64.0 Å². The third kappa shape index (κ3) is 4.64. The predicted molar refractivity (Wildman–Crippen MR) is 117 cm³/mol. The lowest BCUT2D eigenvalue weighted by atomic mass is 10.1. The lowest BCUT2D eigenvalue weighted by Crippen LogP contribution is -2.41. The molecule has 32 heavy (non-hydrogen) atoms. The Morgan fingerprint density at radius 2 is 1.91 bits per heavy atom. The molecule has 2 aromatic carbocycles. The van der Waals surface area contributed by atoms with Gasteiger partial charge in [-0.05, 0) is 61.4 Å². The fourth-order valence-corrected chi connectivity index (χ4v) is 5.30. The molecule has 1 atom stereocenters. The molecule has 1 aliphatic heterocycles. The summed E-state index contributed by atoms with van der Waals surface area (Å²) in [5.74, 6) is 0.456. The van der Waals surface area contributed by atoms with Crippen molar-refractivity contribution in [3.05, 3.63) is 65.4 Å². The first-order valence-corrected chi connectivity index (χ1v) is 11.7. The number of ether oxygens (including phenoxy) is 2. The second-order valence-corrected chi connectivity index (χ2v) is 9.57. The van der Waals surface area contributed by atoms with Crippen LogP contribution < -0.4 is 4.74 Å². The van der Waals surface area contributed by atoms with E-state index in [0.29, 0.717) is 29.3 Å². The highest BCUT2D eigenvalue weighted by atomic mass is 35.5. The molecule has 3 aromatic rings. The van der Waals surface area contributed by atoms with E-state index in [0.717, 1.165) is 11.3 Å². The fraction of sp³-hybridized carbons (Fsp3) is 0.273. The van der Waals surface area contributed by atoms with Crippen molar-refractivity contribution < 1.29 is 27.2 Å². The van der Waals surface area contributed by atoms with Crippen molar-refractivity contribution in [1.29, 1.82) is 0 Å². The third-order valence-corrected chi connectivity index (χ3v) is 7.37. The van der Waals surface area contributed by atoms with Crippen LogP contribution in [0, 0.1) is 0 Å². The Labute approximate surface area is 190 Å². The number of carbonyl (C=O) groups is 1. The molecule has 0 spiro atoms. The lowest BCUT2D eigenvalue weighted by molar-refractivity contribution is -0.149. The number of hydrogen-bond acceptors (Lipinski definition) is 7. The van der Waals surface area contributed by atoms with E-state index < -0.39 is 22.0 Å². The van der Waals surface area contributed by atoms with Crippen LogP contribution in [0.2, 0.25) is 5.02 Å². The van der Waals surface area contributed by atoms with Gasteiger partial charge in [-0.25, -0.2) is 8.42 Å². The first-order chi connectivity index (χ1) is 15.4. The molecule has 0 N–H and O–H groups in total. The number of aromatic nitrogens is 1. The molecular formula is C22H21ClN2O6S. The van der Waals surface area contributed by atoms with Gasteiger partial charge < -0.3 is 14.0 Å². The number of methoxy groups -OCH3 is 1. The molecule has 0 bridgehead atoms. The van der Waals surface area contributed by atoms with E-state index in [1.54, 1.807) is 25.3 Å². The maximum absolute atomic E-state index is 13.0. The van der Waals surface area contributed by atoms with Gasteiger partial charge in [-0.2, -0.15) is 4.31 Å². The van der Waals surface area contributed by atoms with E-state index in [1.807, 2.05) is 12.1 Å². The molecular weight excluding hydrogens is 456 g/mol. The monoisotopic (exact) mass is 476 g/mol. The molecule has 8 nitrogen and oxygen atoms in total. The highest BCUT2D eigenvalue weighted by Gasteiger charge is 2.40. The summed E-state index contributed by atoms with van der Waals surface area (Å²) in [6.07, 6.45) is 0.954. The second-order valence-electron chi connectivity index (χ2n) is 7.24. The lowest BCUT2D eigenvalue weighted by Gasteiger charge is -2.22. The number of nitrogens with zero attached hydrogens (tertiary/aromatic N) is 2. The molecule has 2 heterocycles. The first-order valence-electron chi connectivity index (χ1n) is 9.92. The molecule has 0 amide bonds. The molecule has 10 heteroatoms. The molecule has 0 radical (unpaired) electrons. The minimum atomic E-state index is -3.84. The average molecular weight is 477 g/mol. The Morgan fingerprint density at radius 3 is 2.59 bits per heavy atom. The van der Waals surface area contributed by atoms with Crippen LogP contribution in [0.5, 0.6) is 5.75 Å². The van der Waals surface area contributed by atoms with Gasteiger partial charge in [0.05, 0.1) is 12.0 Å². The highest BCUT2D eigenvalue weighted by Crippen LogP contribution is 2.28. The number of sulfonamides is 1. The number of esters is 1. The number of halogens is 1. The average Bonchev–Trinajstić information content (AvgIpc) is 3.48. The molecule has 0 saturated carbocycles. The van der Waals surface area contributed by atoms with Crippen LogP contribution in [-0.4, -0.2) is 43.5 Å². The maximum atomic E-state index is 13.0. The topological polar surface area (TPSA) is 98.9 Å². The van der Waals surface area contributed by atoms with Crippen LogP contribution in [-0.2, 0) is 26.2 Å². The van der Waals surface area contributed by atoms with Gasteiger partial charge in [-0.1, -0.05) is 16.8 Å². The molecule has 1 aromatic heterocycles. The number of hydrogen-bond donors (Lipinski definition) is 0. The van der Waals surface area contributed by atoms with Crippen molar-refractivity contribution in [3.63, 3.8) is 0 Å². The van der Waals surface area contributed by atoms with Gasteiger partial charge >= 0.3 is 5.97 Å². The van der Waals surface area contributed by atoms with E-state index in [9.17, 15) is 13.2 Å². The fourth-order valence-electron chi connectivity index (χ4n) is 3.52. The number of carbonyl (C=O) groups excluding carboxylic acids is 1. The molecule has 4 rings (SSSR count). The highest BCUT2D eigenvalue weighted by molar-refractivity contribution is 7.89. The summed E-state index contributed by atoms with van der Waals surface area (Å²) >= 11 is 5.85. The van der Waals surface area contributed by atoms with Gasteiger partial charge in [0.25, 0.3) is 0 Å². The van der Waals surface area contributed by atoms with E-state index in [1.165, 1.54) is 28.6 Å². The minimum absolute atomic E-state index is 0.0842. The zero-order chi connectivity index (χ0) is 22.7. The van der Waals surface area contributed by atoms with Crippen LogP contribution in [0.3, 0.4) is 0 Å². The molecule has 0 aliphatic carbocycles. The van der Waals surface area contributed by atoms with Crippen LogP contribution >= 0.6 is 11.6 Å². The van der Waals surface area contributed by atoms with Gasteiger partial charge in [0.2, 0.25) is 10.0 Å². The van der Waals surface area contributed by atoms with Crippen molar-refractivity contribution >= 4 is 27.6 Å². The van der Waals surface area contributed by atoms with Gasteiger partial charge in [0, 0.05) is 23.2 Å². The normalized spacial score (nSPS) is 16.8. The van der Waals surface area contributed by atoms with Crippen LogP contribution in [0.4, 0.5) is 0 Å². The molecule has 168 valence electrons. The Bertz CT molecular complexity index is 1190. The Morgan fingerprint density at radius 1 is 1.19 bits per heavy atom. The standard InChI is InChI=1S/C22H21ClN2O6S/c1-29-17-8-4-15(5-9-17)20-13-18(31-24-20)14-30-22(26)21-3-2-12-25(21)32(27,28)19-10-6-16(23)7-11-19/h4-11,13,21H,2-3,12,14H2,1H3/t21-/m0/s1. The zero-order valence-electron chi connectivity index (χ0n) is 17.2. The van der Waals surface area contributed by atoms with Crippen molar-refractivity contribution in [2.45, 2.75) is 30.4 Å². The number of benzene rings is 2. The van der Waals surface area contributed by atoms with E-state index in [-0.39, 0.29) is 18.0 Å². The smallest absolute Gasteiger partial charge is 0.324 e. The Balaban J connectivity index is 1.41. The molecule has 1 saturated heterocycles. The van der Waals surface area contributed by atoms with Gasteiger partial charge in [-0.3, -0.25) is 4.79 Å². The van der Waals surface area contributed by atoms with Gasteiger partial charge in [-0.15, -0.1) is 0 Å². The first kappa shape index (κ1) is 22.3. The van der Waals surface area contributed by atoms with Crippen LogP contribution in [0.25, 0.3) is 11.3 Å². The quantitative estimate of drug-likeness (QED) is 0.477. The summed E-state index contributed by atoms with van der Waals surface area (Å²) in [5, 5.41) is 4.43. The zero-order valence-corrected chi connectivity index (χ0v) is 18.8. The Hall–Kier alpha value is -2.88. The second kappa shape index (κ2) is 9.32. The summed E-state index contributed by atoms with van der Waals surface area (Å²) in [7, 11) is -2.26. The van der Waals surface area contributed by atoms with E-state index in [2.05, 4.69) is 5.16 Å². The molecule has 0 unspecified atom stereocenters. The van der Waals surface area contributed by atoms with Crippen molar-refractivity contribution in [1.82, 2.24) is 9.46 Å². The Kier molecular flexibility index (Phi) is 6.50. The molecule has 1 aliphatic rings. The largest absolute Gasteiger partial charge is 0.497 e. The maximum Gasteiger partial charge on any atom is 0.324 e. The third-order valence-electron chi connectivity index (χ3n) is 5.20. The van der Waals surface area contributed by atoms with E-state index >= 15 is 0 Å². The summed E-state index contributed by atoms with van der Waals surface area (Å²) in [6, 6.07) is 13.9. The van der Waals surface area contributed by atoms with Crippen molar-refractivity contribution in [2.24, 2.45) is 0 Å².